The third kappa shape index (κ3) is 5.53. The average molecular weight is 515 g/mol. The first-order valence-corrected chi connectivity index (χ1v) is 12.5. The predicted molar refractivity (Wildman–Crippen MR) is 142 cm³/mol. The van der Waals surface area contributed by atoms with Crippen molar-refractivity contribution < 1.29 is 18.7 Å². The highest BCUT2D eigenvalue weighted by Gasteiger charge is 2.31. The summed E-state index contributed by atoms with van der Waals surface area (Å²) in [6, 6.07) is 15.3. The first kappa shape index (κ1) is 25.4. The van der Waals surface area contributed by atoms with Crippen molar-refractivity contribution in [2.24, 2.45) is 0 Å². The topological polar surface area (TPSA) is 81.2 Å². The van der Waals surface area contributed by atoms with Crippen LogP contribution < -0.4 is 5.32 Å². The number of aromatic nitrogens is 2. The number of fused-ring (bicyclic) bond motifs is 1. The molecule has 4 aromatic rings. The van der Waals surface area contributed by atoms with Crippen molar-refractivity contribution >= 4 is 16.8 Å². The lowest BCUT2D eigenvalue weighted by Gasteiger charge is -2.30. The highest BCUT2D eigenvalue weighted by atomic mass is 19.1. The molecular weight excluding hydrogens is 486 g/mol. The fourth-order valence-electron chi connectivity index (χ4n) is 4.68. The van der Waals surface area contributed by atoms with E-state index < -0.39 is 23.4 Å². The number of hydrogen-bond donors (Lipinski definition) is 3. The molecule has 3 heterocycles. The maximum atomic E-state index is 15.1. The van der Waals surface area contributed by atoms with E-state index in [1.165, 1.54) is 18.2 Å². The van der Waals surface area contributed by atoms with Crippen LogP contribution >= 0.6 is 0 Å². The average Bonchev–Trinajstić information content (AvgIpc) is 3.33. The molecule has 2 aromatic heterocycles. The fourth-order valence-corrected chi connectivity index (χ4v) is 4.68. The zero-order valence-electron chi connectivity index (χ0n) is 21.2. The number of H-pyrrole nitrogens is 1. The number of nitrogens with zero attached hydrogens (tertiary/aromatic N) is 2. The summed E-state index contributed by atoms with van der Waals surface area (Å²) < 4.78 is 29.3. The van der Waals surface area contributed by atoms with E-state index in [4.69, 9.17) is 0 Å². The van der Waals surface area contributed by atoms with Crippen LogP contribution in [0.15, 0.2) is 60.7 Å². The molecule has 1 unspecified atom stereocenters. The van der Waals surface area contributed by atoms with Crippen molar-refractivity contribution in [2.45, 2.75) is 31.5 Å². The van der Waals surface area contributed by atoms with Crippen molar-refractivity contribution in [3.05, 3.63) is 94.7 Å². The monoisotopic (exact) mass is 514 g/mol. The minimum Gasteiger partial charge on any atom is -0.508 e. The van der Waals surface area contributed by atoms with E-state index in [0.29, 0.717) is 42.9 Å². The van der Waals surface area contributed by atoms with Crippen molar-refractivity contribution in [3.63, 3.8) is 0 Å². The van der Waals surface area contributed by atoms with E-state index in [2.05, 4.69) is 32.0 Å². The Hall–Kier alpha value is -4.22. The Morgan fingerprint density at radius 1 is 1.16 bits per heavy atom. The van der Waals surface area contributed by atoms with Gasteiger partial charge >= 0.3 is 0 Å². The van der Waals surface area contributed by atoms with Gasteiger partial charge in [0.25, 0.3) is 5.91 Å². The molecule has 1 atom stereocenters. The maximum absolute atomic E-state index is 15.1. The molecule has 0 radical (unpaired) electrons. The molecular formula is C30H28F2N4O2. The zero-order chi connectivity index (χ0) is 26.9. The van der Waals surface area contributed by atoms with Gasteiger partial charge in [-0.3, -0.25) is 4.79 Å². The van der Waals surface area contributed by atoms with Gasteiger partial charge in [0, 0.05) is 54.0 Å². The molecule has 0 bridgehead atoms. The number of piperidine rings is 1. The number of phenols is 1. The molecule has 1 saturated heterocycles. The summed E-state index contributed by atoms with van der Waals surface area (Å²) >= 11 is 0. The second-order valence-electron chi connectivity index (χ2n) is 9.82. The molecule has 0 aliphatic carbocycles. The maximum Gasteiger partial charge on any atom is 0.270 e. The van der Waals surface area contributed by atoms with E-state index in [-0.39, 0.29) is 17.0 Å². The lowest BCUT2D eigenvalue weighted by atomic mass is 9.94. The van der Waals surface area contributed by atoms with Crippen molar-refractivity contribution in [1.82, 2.24) is 20.2 Å². The van der Waals surface area contributed by atoms with Gasteiger partial charge in [0.1, 0.15) is 17.3 Å². The second kappa shape index (κ2) is 10.3. The number of rotatable bonds is 4. The van der Waals surface area contributed by atoms with Gasteiger partial charge < -0.3 is 20.3 Å². The highest BCUT2D eigenvalue weighted by Crippen LogP contribution is 2.32. The highest BCUT2D eigenvalue weighted by molar-refractivity contribution is 5.93. The number of phenolic OH excluding ortho intramolecular Hbond substituents is 1. The summed E-state index contributed by atoms with van der Waals surface area (Å²) in [5, 5.41) is 14.3. The Kier molecular flexibility index (Phi) is 6.87. The van der Waals surface area contributed by atoms with Crippen LogP contribution in [0.5, 0.6) is 5.75 Å². The molecule has 5 rings (SSSR count). The van der Waals surface area contributed by atoms with Crippen LogP contribution in [-0.4, -0.2) is 51.7 Å². The molecule has 8 heteroatoms. The Bertz CT molecular complexity index is 1530. The molecule has 194 valence electrons. The van der Waals surface area contributed by atoms with Crippen LogP contribution in [0, 0.1) is 24.6 Å². The first-order chi connectivity index (χ1) is 18.2. The number of aromatic hydroxyl groups is 1. The number of aromatic amines is 1. The third-order valence-electron chi connectivity index (χ3n) is 6.83. The van der Waals surface area contributed by atoms with Gasteiger partial charge in [0.15, 0.2) is 5.67 Å². The summed E-state index contributed by atoms with van der Waals surface area (Å²) in [7, 11) is 1.96. The van der Waals surface area contributed by atoms with Crippen LogP contribution in [-0.2, 0) is 0 Å². The summed E-state index contributed by atoms with van der Waals surface area (Å²) in [6.07, 6.45) is 0.661. The van der Waals surface area contributed by atoms with Crippen molar-refractivity contribution in [1.29, 1.82) is 0 Å². The number of amides is 1. The van der Waals surface area contributed by atoms with E-state index in [1.54, 1.807) is 13.0 Å². The van der Waals surface area contributed by atoms with Crippen LogP contribution in [0.4, 0.5) is 8.78 Å². The van der Waals surface area contributed by atoms with Crippen LogP contribution in [0.2, 0.25) is 0 Å². The van der Waals surface area contributed by atoms with Crippen LogP contribution in [0.1, 0.15) is 51.9 Å². The molecule has 1 aliphatic heterocycles. The standard InChI is InChI=1S/C30H28F2N4O2/c1-19-15-20(9-10-30(32)11-13-36(2)14-12-30)16-26(33-19)29(38)35-28(23-18-22(31)7-8-27(23)37)25-17-21-5-3-4-6-24(21)34-25/h3-8,15-18,28,34,37H,11-14H2,1-2H3,(H,35,38). The smallest absolute Gasteiger partial charge is 0.270 e. The number of carbonyl (C=O) groups is 1. The minimum atomic E-state index is -1.57. The lowest BCUT2D eigenvalue weighted by molar-refractivity contribution is 0.0936. The molecule has 6 nitrogen and oxygen atoms in total. The Morgan fingerprint density at radius 3 is 2.68 bits per heavy atom. The number of carbonyl (C=O) groups excluding carboxylic acids is 1. The number of para-hydroxylation sites is 1. The summed E-state index contributed by atoms with van der Waals surface area (Å²) in [6.45, 7) is 3.00. The summed E-state index contributed by atoms with van der Waals surface area (Å²) in [5.41, 5.74) is 1.14. The van der Waals surface area contributed by atoms with Gasteiger partial charge in [0.05, 0.1) is 6.04 Å². The molecule has 1 amide bonds. The molecule has 1 aliphatic rings. The van der Waals surface area contributed by atoms with Gasteiger partial charge in [-0.2, -0.15) is 0 Å². The number of hydrogen-bond acceptors (Lipinski definition) is 4. The Labute approximate surface area is 219 Å². The zero-order valence-corrected chi connectivity index (χ0v) is 21.2. The van der Waals surface area contributed by atoms with E-state index in [9.17, 15) is 14.3 Å². The summed E-state index contributed by atoms with van der Waals surface area (Å²) in [5.74, 6) is 4.41. The molecule has 1 fully saturated rings. The molecule has 0 spiro atoms. The van der Waals surface area contributed by atoms with Gasteiger partial charge in [-0.1, -0.05) is 30.0 Å². The van der Waals surface area contributed by atoms with E-state index in [0.717, 1.165) is 17.0 Å². The van der Waals surface area contributed by atoms with Crippen molar-refractivity contribution in [3.8, 4) is 17.6 Å². The number of aryl methyl sites for hydroxylation is 1. The number of benzene rings is 2. The van der Waals surface area contributed by atoms with Crippen LogP contribution in [0.25, 0.3) is 10.9 Å². The molecule has 3 N–H and O–H groups in total. The first-order valence-electron chi connectivity index (χ1n) is 12.5. The molecule has 38 heavy (non-hydrogen) atoms. The summed E-state index contributed by atoms with van der Waals surface area (Å²) in [4.78, 5) is 23.1. The molecule has 2 aromatic carbocycles. The SMILES string of the molecule is Cc1cc(C#CC2(F)CCN(C)CC2)cc(C(=O)NC(c2cc3ccccc3[nH]2)c2cc(F)ccc2O)n1. The predicted octanol–water partition coefficient (Wildman–Crippen LogP) is 5.02. The fraction of sp³-hybridized carbons (Fsp3) is 0.267. The van der Waals surface area contributed by atoms with E-state index >= 15 is 4.39 Å². The Balaban J connectivity index is 1.47. The van der Waals surface area contributed by atoms with Crippen LogP contribution in [0.3, 0.4) is 0 Å². The Morgan fingerprint density at radius 2 is 1.92 bits per heavy atom. The third-order valence-corrected chi connectivity index (χ3v) is 6.83. The minimum absolute atomic E-state index is 0.0857. The number of halogens is 2. The van der Waals surface area contributed by atoms with Crippen molar-refractivity contribution in [2.75, 3.05) is 20.1 Å². The number of nitrogens with one attached hydrogen (secondary N) is 2. The lowest BCUT2D eigenvalue weighted by Crippen LogP contribution is -2.38. The normalized spacial score (nSPS) is 16.0. The number of likely N-dealkylation sites (tertiary alicyclic amines) is 1. The largest absolute Gasteiger partial charge is 0.508 e. The quantitative estimate of drug-likeness (QED) is 0.334. The number of pyridine rings is 1. The van der Waals surface area contributed by atoms with Gasteiger partial charge in [-0.25, -0.2) is 13.8 Å². The van der Waals surface area contributed by atoms with E-state index in [1.807, 2.05) is 37.4 Å². The second-order valence-corrected chi connectivity index (χ2v) is 9.82. The van der Waals surface area contributed by atoms with Gasteiger partial charge in [0.2, 0.25) is 0 Å². The number of alkyl halides is 1. The van der Waals surface area contributed by atoms with Gasteiger partial charge in [-0.05, 0) is 61.8 Å². The molecule has 0 saturated carbocycles. The van der Waals surface area contributed by atoms with Gasteiger partial charge in [-0.15, -0.1) is 0 Å².